The molecule has 0 saturated carbocycles. The van der Waals surface area contributed by atoms with Gasteiger partial charge in [0.1, 0.15) is 23.1 Å². The van der Waals surface area contributed by atoms with Gasteiger partial charge in [-0.3, -0.25) is 4.79 Å². The van der Waals surface area contributed by atoms with Gasteiger partial charge in [-0.2, -0.15) is 5.26 Å². The maximum Gasteiger partial charge on any atom is 0.226 e. The van der Waals surface area contributed by atoms with Crippen molar-refractivity contribution in [2.75, 3.05) is 14.1 Å². The van der Waals surface area contributed by atoms with Gasteiger partial charge in [0, 0.05) is 26.4 Å². The van der Waals surface area contributed by atoms with Crippen molar-refractivity contribution in [2.24, 2.45) is 0 Å². The highest BCUT2D eigenvalue weighted by atomic mass is 35.5. The first-order chi connectivity index (χ1) is 10.9. The van der Waals surface area contributed by atoms with Crippen molar-refractivity contribution in [1.82, 2.24) is 9.88 Å². The molecule has 6 heteroatoms. The number of nitriles is 1. The van der Waals surface area contributed by atoms with E-state index in [4.69, 9.17) is 21.6 Å². The zero-order chi connectivity index (χ0) is 17.0. The Labute approximate surface area is 140 Å². The molecule has 0 N–H and O–H groups in total. The van der Waals surface area contributed by atoms with Crippen LogP contribution in [0.2, 0.25) is 5.15 Å². The third-order valence-electron chi connectivity index (χ3n) is 3.29. The molecule has 1 amide bonds. The van der Waals surface area contributed by atoms with E-state index in [2.05, 4.69) is 4.98 Å². The van der Waals surface area contributed by atoms with Crippen LogP contribution in [0.25, 0.3) is 0 Å². The lowest BCUT2D eigenvalue weighted by Gasteiger charge is -2.13. The Hall–Kier alpha value is -2.58. The van der Waals surface area contributed by atoms with E-state index in [1.165, 1.54) is 6.20 Å². The molecule has 2 aromatic rings. The van der Waals surface area contributed by atoms with Crippen molar-refractivity contribution >= 4 is 17.5 Å². The van der Waals surface area contributed by atoms with E-state index >= 15 is 0 Å². The molecule has 1 aromatic heterocycles. The lowest BCUT2D eigenvalue weighted by Crippen LogP contribution is -2.23. The second kappa shape index (κ2) is 7.12. The van der Waals surface area contributed by atoms with Crippen LogP contribution < -0.4 is 4.74 Å². The first kappa shape index (κ1) is 16.8. The SMILES string of the molecule is Cc1cc(CC(=O)N(C)C)ccc1Oc1ccnc(Cl)c1C#N. The first-order valence-electron chi connectivity index (χ1n) is 6.94. The monoisotopic (exact) mass is 329 g/mol. The Balaban J connectivity index is 2.24. The lowest BCUT2D eigenvalue weighted by atomic mass is 10.1. The van der Waals surface area contributed by atoms with Crippen molar-refractivity contribution < 1.29 is 9.53 Å². The summed E-state index contributed by atoms with van der Waals surface area (Å²) in [6, 6.07) is 9.08. The van der Waals surface area contributed by atoms with Crippen molar-refractivity contribution in [3.05, 3.63) is 52.3 Å². The Kier molecular flexibility index (Phi) is 5.20. The number of hydrogen-bond acceptors (Lipinski definition) is 4. The van der Waals surface area contributed by atoms with Gasteiger partial charge in [0.15, 0.2) is 5.15 Å². The van der Waals surface area contributed by atoms with Crippen LogP contribution in [0.15, 0.2) is 30.5 Å². The Morgan fingerprint density at radius 3 is 2.70 bits per heavy atom. The van der Waals surface area contributed by atoms with Gasteiger partial charge in [0.25, 0.3) is 0 Å². The molecule has 0 saturated heterocycles. The van der Waals surface area contributed by atoms with E-state index in [-0.39, 0.29) is 16.6 Å². The van der Waals surface area contributed by atoms with Crippen molar-refractivity contribution in [1.29, 1.82) is 5.26 Å². The van der Waals surface area contributed by atoms with Crippen LogP contribution in [-0.4, -0.2) is 29.9 Å². The van der Waals surface area contributed by atoms with E-state index in [9.17, 15) is 4.79 Å². The molecule has 0 spiro atoms. The van der Waals surface area contributed by atoms with E-state index in [1.807, 2.05) is 25.1 Å². The van der Waals surface area contributed by atoms with E-state index in [0.717, 1.165) is 11.1 Å². The van der Waals surface area contributed by atoms with Crippen LogP contribution in [0.5, 0.6) is 11.5 Å². The highest BCUT2D eigenvalue weighted by Gasteiger charge is 2.12. The summed E-state index contributed by atoms with van der Waals surface area (Å²) in [5.41, 5.74) is 1.97. The minimum atomic E-state index is 0.0331. The number of likely N-dealkylation sites (N-methyl/N-ethyl adjacent to an activating group) is 1. The molecule has 2 rings (SSSR count). The quantitative estimate of drug-likeness (QED) is 0.807. The second-order valence-electron chi connectivity index (χ2n) is 5.25. The molecule has 0 aliphatic heterocycles. The van der Waals surface area contributed by atoms with Crippen molar-refractivity contribution in [2.45, 2.75) is 13.3 Å². The summed E-state index contributed by atoms with van der Waals surface area (Å²) in [6.07, 6.45) is 1.82. The number of aromatic nitrogens is 1. The molecule has 0 aliphatic carbocycles. The molecule has 1 heterocycles. The number of rotatable bonds is 4. The lowest BCUT2D eigenvalue weighted by molar-refractivity contribution is -0.127. The number of hydrogen-bond donors (Lipinski definition) is 0. The van der Waals surface area contributed by atoms with Crippen molar-refractivity contribution in [3.63, 3.8) is 0 Å². The van der Waals surface area contributed by atoms with Crippen LogP contribution in [0, 0.1) is 18.3 Å². The van der Waals surface area contributed by atoms with Crippen LogP contribution >= 0.6 is 11.6 Å². The molecule has 0 bridgehead atoms. The number of carbonyl (C=O) groups excluding carboxylic acids is 1. The molecule has 0 unspecified atom stereocenters. The van der Waals surface area contributed by atoms with Crippen LogP contribution in [0.1, 0.15) is 16.7 Å². The van der Waals surface area contributed by atoms with Gasteiger partial charge in [-0.15, -0.1) is 0 Å². The number of nitrogens with zero attached hydrogens (tertiary/aromatic N) is 3. The van der Waals surface area contributed by atoms with Gasteiger partial charge in [-0.25, -0.2) is 4.98 Å². The molecule has 0 aliphatic rings. The summed E-state index contributed by atoms with van der Waals surface area (Å²) in [6.45, 7) is 1.88. The number of carbonyl (C=O) groups is 1. The largest absolute Gasteiger partial charge is 0.456 e. The number of pyridine rings is 1. The van der Waals surface area contributed by atoms with Gasteiger partial charge in [0.2, 0.25) is 5.91 Å². The number of benzene rings is 1. The molecule has 0 atom stereocenters. The smallest absolute Gasteiger partial charge is 0.226 e. The third kappa shape index (κ3) is 3.99. The predicted octanol–water partition coefficient (Wildman–Crippen LogP) is 3.34. The number of amides is 1. The fraction of sp³-hybridized carbons (Fsp3) is 0.235. The van der Waals surface area contributed by atoms with Gasteiger partial charge in [-0.05, 0) is 24.1 Å². The topological polar surface area (TPSA) is 66.2 Å². The predicted molar refractivity (Wildman–Crippen MR) is 87.6 cm³/mol. The highest BCUT2D eigenvalue weighted by molar-refractivity contribution is 6.30. The molecule has 0 fully saturated rings. The maximum absolute atomic E-state index is 11.8. The Morgan fingerprint density at radius 2 is 2.09 bits per heavy atom. The molecule has 0 radical (unpaired) electrons. The maximum atomic E-state index is 11.8. The summed E-state index contributed by atoms with van der Waals surface area (Å²) < 4.78 is 5.78. The second-order valence-corrected chi connectivity index (χ2v) is 5.61. The zero-order valence-corrected chi connectivity index (χ0v) is 13.9. The average molecular weight is 330 g/mol. The fourth-order valence-electron chi connectivity index (χ4n) is 1.99. The van der Waals surface area contributed by atoms with E-state index in [1.54, 1.807) is 31.1 Å². The molecular weight excluding hydrogens is 314 g/mol. The van der Waals surface area contributed by atoms with Crippen molar-refractivity contribution in [3.8, 4) is 17.6 Å². The summed E-state index contributed by atoms with van der Waals surface area (Å²) in [4.78, 5) is 17.2. The molecule has 5 nitrogen and oxygen atoms in total. The average Bonchev–Trinajstić information content (AvgIpc) is 2.50. The minimum Gasteiger partial charge on any atom is -0.456 e. The van der Waals surface area contributed by atoms with Gasteiger partial charge in [-0.1, -0.05) is 23.7 Å². The van der Waals surface area contributed by atoms with E-state index in [0.29, 0.717) is 17.9 Å². The summed E-state index contributed by atoms with van der Waals surface area (Å²) in [7, 11) is 3.45. The van der Waals surface area contributed by atoms with Crippen LogP contribution in [-0.2, 0) is 11.2 Å². The minimum absolute atomic E-state index is 0.0331. The normalized spacial score (nSPS) is 10.0. The molecular formula is C17H16ClN3O2. The van der Waals surface area contributed by atoms with Crippen LogP contribution in [0.3, 0.4) is 0 Å². The summed E-state index contributed by atoms with van der Waals surface area (Å²) in [5.74, 6) is 0.989. The molecule has 1 aromatic carbocycles. The Morgan fingerprint density at radius 1 is 1.35 bits per heavy atom. The van der Waals surface area contributed by atoms with Gasteiger partial charge < -0.3 is 9.64 Å². The number of aryl methyl sites for hydroxylation is 1. The standard InChI is InChI=1S/C17H16ClN3O2/c1-11-8-12(9-16(22)21(2)3)4-5-14(11)23-15-6-7-20-17(18)13(15)10-19/h4-8H,9H2,1-3H3. The van der Waals surface area contributed by atoms with E-state index < -0.39 is 0 Å². The zero-order valence-electron chi connectivity index (χ0n) is 13.1. The highest BCUT2D eigenvalue weighted by Crippen LogP contribution is 2.30. The van der Waals surface area contributed by atoms with Gasteiger partial charge in [0.05, 0.1) is 6.42 Å². The number of ether oxygens (including phenoxy) is 1. The Bertz CT molecular complexity index is 782. The number of halogens is 1. The summed E-state index contributed by atoms with van der Waals surface area (Å²) >= 11 is 5.89. The van der Waals surface area contributed by atoms with Gasteiger partial charge >= 0.3 is 0 Å². The summed E-state index contributed by atoms with van der Waals surface area (Å²) in [5, 5.41) is 9.25. The first-order valence-corrected chi connectivity index (χ1v) is 7.32. The van der Waals surface area contributed by atoms with Crippen LogP contribution in [0.4, 0.5) is 0 Å². The molecule has 23 heavy (non-hydrogen) atoms. The third-order valence-corrected chi connectivity index (χ3v) is 3.58. The molecule has 118 valence electrons. The fourth-order valence-corrected chi connectivity index (χ4v) is 2.19.